The van der Waals surface area contributed by atoms with Crippen molar-refractivity contribution in [3.05, 3.63) is 23.8 Å². The molecule has 0 saturated heterocycles. The van der Waals surface area contributed by atoms with Crippen LogP contribution in [0.1, 0.15) is 78.7 Å². The minimum absolute atomic E-state index is 0.861. The third-order valence-electron chi connectivity index (χ3n) is 5.80. The van der Waals surface area contributed by atoms with Crippen molar-refractivity contribution in [3.63, 3.8) is 0 Å². The first-order valence-electron chi connectivity index (χ1n) is 10.6. The van der Waals surface area contributed by atoms with Crippen molar-refractivity contribution in [2.75, 3.05) is 0 Å². The van der Waals surface area contributed by atoms with Crippen LogP contribution >= 0.6 is 0 Å². The molecule has 146 valence electrons. The van der Waals surface area contributed by atoms with Crippen molar-refractivity contribution >= 4 is 33.0 Å². The third kappa shape index (κ3) is 4.83. The Morgan fingerprint density at radius 1 is 0.962 bits per heavy atom. The number of hydrogen-bond donors (Lipinski definition) is 2. The Morgan fingerprint density at radius 2 is 1.50 bits per heavy atom. The van der Waals surface area contributed by atoms with E-state index in [2.05, 4.69) is 38.0 Å². The van der Waals surface area contributed by atoms with Crippen molar-refractivity contribution in [3.8, 4) is 0 Å². The molecule has 1 heterocycles. The van der Waals surface area contributed by atoms with Crippen molar-refractivity contribution < 1.29 is 5.11 Å². The molecule has 4 heteroatoms. The number of nitrogens with one attached hydrogen (secondary N) is 1. The van der Waals surface area contributed by atoms with E-state index in [9.17, 15) is 5.11 Å². The van der Waals surface area contributed by atoms with Gasteiger partial charge < -0.3 is 0 Å². The fourth-order valence-electron chi connectivity index (χ4n) is 4.23. The van der Waals surface area contributed by atoms with Crippen LogP contribution in [0.4, 0.5) is 0 Å². The van der Waals surface area contributed by atoms with Gasteiger partial charge in [0.25, 0.3) is 0 Å². The van der Waals surface area contributed by atoms with Crippen LogP contribution in [0, 0.1) is 0 Å². The topological polar surface area (TPSA) is 48.9 Å². The van der Waals surface area contributed by atoms with Crippen LogP contribution in [-0.2, 0) is 5.60 Å². The fourth-order valence-corrected chi connectivity index (χ4v) is 20.4. The van der Waals surface area contributed by atoms with Gasteiger partial charge in [0.05, 0.1) is 0 Å². The molecule has 1 aromatic heterocycles. The summed E-state index contributed by atoms with van der Waals surface area (Å²) in [5.41, 5.74) is 1.07. The quantitative estimate of drug-likeness (QED) is 0.410. The molecule has 0 bridgehead atoms. The van der Waals surface area contributed by atoms with Crippen LogP contribution in [-0.4, -0.2) is 33.7 Å². The molecule has 0 spiro atoms. The molecule has 0 aliphatic carbocycles. The van der Waals surface area contributed by atoms with E-state index >= 15 is 0 Å². The normalized spacial score (nSPS) is 12.8. The molecule has 0 saturated carbocycles. The first-order chi connectivity index (χ1) is 12.4. The molecule has 1 aromatic carbocycles. The van der Waals surface area contributed by atoms with Crippen LogP contribution in [0.3, 0.4) is 0 Å². The predicted molar refractivity (Wildman–Crippen MR) is 116 cm³/mol. The molecule has 0 radical (unpaired) electrons. The summed E-state index contributed by atoms with van der Waals surface area (Å²) in [5.74, 6) is 0. The van der Waals surface area contributed by atoms with Gasteiger partial charge in [-0.2, -0.15) is 0 Å². The van der Waals surface area contributed by atoms with Gasteiger partial charge in [0, 0.05) is 0 Å². The Hall–Kier alpha value is -0.551. The number of hydrogen-bond acceptors (Lipinski definition) is 2. The Kier molecular flexibility index (Phi) is 8.02. The second-order valence-electron chi connectivity index (χ2n) is 8.45. The van der Waals surface area contributed by atoms with Gasteiger partial charge >= 0.3 is 164 Å². The first-order valence-corrected chi connectivity index (χ1v) is 18.1. The molecule has 0 amide bonds. The van der Waals surface area contributed by atoms with E-state index in [1.807, 2.05) is 19.9 Å². The number of para-hydroxylation sites is 1. The molecule has 26 heavy (non-hydrogen) atoms. The zero-order chi connectivity index (χ0) is 19.2. The molecule has 0 fully saturated rings. The SMILES string of the molecule is CCC[CH2][Sn]([CH2]CCC)([CH2]CCC)[c]1[nH]nc2c(C(C)(C)O)cccc12. The molecular weight excluding hydrogens is 427 g/mol. The van der Waals surface area contributed by atoms with Crippen LogP contribution < -0.4 is 3.71 Å². The van der Waals surface area contributed by atoms with E-state index < -0.39 is 24.0 Å². The zero-order valence-corrected chi connectivity index (χ0v) is 20.3. The van der Waals surface area contributed by atoms with Crippen LogP contribution in [0.15, 0.2) is 18.2 Å². The third-order valence-corrected chi connectivity index (χ3v) is 21.1. The number of benzene rings is 1. The summed E-state index contributed by atoms with van der Waals surface area (Å²) < 4.78 is 5.79. The monoisotopic (exact) mass is 466 g/mol. The number of rotatable bonds is 11. The average Bonchev–Trinajstić information content (AvgIpc) is 3.05. The Labute approximate surface area is 163 Å². The van der Waals surface area contributed by atoms with E-state index in [0.29, 0.717) is 0 Å². The van der Waals surface area contributed by atoms with Crippen molar-refractivity contribution in [1.29, 1.82) is 0 Å². The van der Waals surface area contributed by atoms with Crippen molar-refractivity contribution in [1.82, 2.24) is 10.2 Å². The summed E-state index contributed by atoms with van der Waals surface area (Å²) in [6, 6.07) is 6.36. The van der Waals surface area contributed by atoms with Crippen molar-refractivity contribution in [2.24, 2.45) is 0 Å². The number of H-pyrrole nitrogens is 1. The molecule has 3 nitrogen and oxygen atoms in total. The summed E-state index contributed by atoms with van der Waals surface area (Å²) in [6.45, 7) is 10.7. The van der Waals surface area contributed by atoms with E-state index in [1.54, 1.807) is 0 Å². The molecule has 2 rings (SSSR count). The summed E-state index contributed by atoms with van der Waals surface area (Å²) in [4.78, 5) is 0. The minimum atomic E-state index is -2.55. The molecular formula is C22H38N2OSn. The van der Waals surface area contributed by atoms with Gasteiger partial charge in [-0.25, -0.2) is 0 Å². The molecule has 2 N–H and O–H groups in total. The first kappa shape index (κ1) is 21.7. The van der Waals surface area contributed by atoms with Crippen LogP contribution in [0.25, 0.3) is 10.9 Å². The standard InChI is InChI=1S/C10H11N2O.3C4H9.Sn/c1-10(2,13)8-5-3-4-7-6-11-12-9(7)8;3*1-3-4-2;/h3-5,13H,1-2H3,(H,11,12);3*1,3-4H2,2H3;. The predicted octanol–water partition coefficient (Wildman–Crippen LogP) is 5.85. The van der Waals surface area contributed by atoms with Gasteiger partial charge in [0.1, 0.15) is 0 Å². The zero-order valence-electron chi connectivity index (χ0n) is 17.5. The molecule has 0 aliphatic rings. The van der Waals surface area contributed by atoms with Gasteiger partial charge in [-0.15, -0.1) is 0 Å². The average molecular weight is 465 g/mol. The van der Waals surface area contributed by atoms with Gasteiger partial charge in [0.2, 0.25) is 0 Å². The number of fused-ring (bicyclic) bond motifs is 1. The number of aromatic nitrogens is 2. The molecule has 0 unspecified atom stereocenters. The number of unbranched alkanes of at least 4 members (excludes halogenated alkanes) is 3. The van der Waals surface area contributed by atoms with Gasteiger partial charge in [-0.3, -0.25) is 0 Å². The van der Waals surface area contributed by atoms with E-state index in [-0.39, 0.29) is 0 Å². The number of aliphatic hydroxyl groups is 1. The molecule has 0 aliphatic heterocycles. The maximum atomic E-state index is 10.6. The Bertz CT molecular complexity index is 665. The van der Waals surface area contributed by atoms with Crippen LogP contribution in [0.5, 0.6) is 0 Å². The van der Waals surface area contributed by atoms with Crippen LogP contribution in [0.2, 0.25) is 13.3 Å². The second-order valence-corrected chi connectivity index (χ2v) is 21.5. The van der Waals surface area contributed by atoms with Gasteiger partial charge in [0.15, 0.2) is 0 Å². The number of aromatic amines is 1. The molecule has 2 aromatic rings. The Morgan fingerprint density at radius 3 is 1.96 bits per heavy atom. The summed E-state index contributed by atoms with van der Waals surface area (Å²) in [5, 5.41) is 20.2. The molecule has 0 atom stereocenters. The van der Waals surface area contributed by atoms with E-state index in [0.717, 1.165) is 11.1 Å². The van der Waals surface area contributed by atoms with E-state index in [1.165, 1.54) is 60.9 Å². The van der Waals surface area contributed by atoms with E-state index in [4.69, 9.17) is 5.10 Å². The summed E-state index contributed by atoms with van der Waals surface area (Å²) in [7, 11) is 0. The summed E-state index contributed by atoms with van der Waals surface area (Å²) in [6.07, 6.45) is 7.85. The van der Waals surface area contributed by atoms with Crippen molar-refractivity contribution in [2.45, 2.75) is 92.1 Å². The Balaban J connectivity index is 2.58. The maximum absolute atomic E-state index is 10.6. The second kappa shape index (κ2) is 9.59. The van der Waals surface area contributed by atoms with Gasteiger partial charge in [-0.1, -0.05) is 0 Å². The number of nitrogens with zero attached hydrogens (tertiary/aromatic N) is 1. The van der Waals surface area contributed by atoms with Gasteiger partial charge in [-0.05, 0) is 0 Å². The fraction of sp³-hybridized carbons (Fsp3) is 0.682. The summed E-state index contributed by atoms with van der Waals surface area (Å²) >= 11 is -2.55.